The molecule has 0 saturated heterocycles. The van der Waals surface area contributed by atoms with Crippen LogP contribution >= 0.6 is 0 Å². The van der Waals surface area contributed by atoms with Gasteiger partial charge in [0.15, 0.2) is 0 Å². The molecule has 1 atom stereocenters. The minimum Gasteiger partial charge on any atom is -0.768 e. The van der Waals surface area contributed by atoms with Gasteiger partial charge in [-0.2, -0.15) is 0 Å². The highest BCUT2D eigenvalue weighted by Crippen LogP contribution is 2.13. The second kappa shape index (κ2) is 7.58. The highest BCUT2D eigenvalue weighted by atomic mass is 32.2. The molecule has 0 heterocycles. The average molecular weight is 255 g/mol. The third-order valence-electron chi connectivity index (χ3n) is 2.94. The van der Waals surface area contributed by atoms with Crippen LogP contribution in [0.4, 0.5) is 0 Å². The molecule has 3 N–H and O–H groups in total. The van der Waals surface area contributed by atoms with Crippen LogP contribution in [-0.4, -0.2) is 14.8 Å². The monoisotopic (exact) mass is 255 g/mol. The van der Waals surface area contributed by atoms with Crippen LogP contribution in [0.15, 0.2) is 29.2 Å². The first-order chi connectivity index (χ1) is 8.09. The highest BCUT2D eigenvalue weighted by Gasteiger charge is 2.09. The van der Waals surface area contributed by atoms with Crippen LogP contribution in [0.25, 0.3) is 0 Å². The van der Waals surface area contributed by atoms with Crippen molar-refractivity contribution in [3.05, 3.63) is 29.8 Å². The maximum atomic E-state index is 10.3. The standard InChI is InChI=1S/C7H8O2S.C6H13N/c1-6-2-4-7(5-3-6)10(8)9;7-6-4-2-1-3-5-6/h2-5H,1H3,(H,8,9);6H,1-5,7H2. The summed E-state index contributed by atoms with van der Waals surface area (Å²) in [6.07, 6.45) is 7.05. The molecule has 1 fully saturated rings. The van der Waals surface area contributed by atoms with Crippen LogP contribution in [0.1, 0.15) is 37.7 Å². The maximum absolute atomic E-state index is 10.3. The van der Waals surface area contributed by atoms with E-state index in [1.165, 1.54) is 32.1 Å². The Morgan fingerprint density at radius 2 is 1.71 bits per heavy atom. The van der Waals surface area contributed by atoms with Crippen LogP contribution in [-0.2, 0) is 11.1 Å². The van der Waals surface area contributed by atoms with E-state index in [2.05, 4.69) is 5.73 Å². The van der Waals surface area contributed by atoms with Crippen molar-refractivity contribution in [1.29, 1.82) is 0 Å². The first-order valence-corrected chi connectivity index (χ1v) is 7.16. The van der Waals surface area contributed by atoms with Gasteiger partial charge in [0.2, 0.25) is 0 Å². The molecule has 17 heavy (non-hydrogen) atoms. The van der Waals surface area contributed by atoms with Crippen molar-refractivity contribution in [2.24, 2.45) is 0 Å². The lowest BCUT2D eigenvalue weighted by molar-refractivity contribution is -0.425. The molecule has 1 aromatic carbocycles. The number of aryl methyl sites for hydroxylation is 1. The molecule has 2 rings (SSSR count). The second-order valence-electron chi connectivity index (χ2n) is 4.55. The molecule has 0 spiro atoms. The fourth-order valence-corrected chi connectivity index (χ4v) is 2.19. The average Bonchev–Trinajstić information content (AvgIpc) is 2.31. The zero-order chi connectivity index (χ0) is 12.7. The molecule has 0 aliphatic heterocycles. The summed E-state index contributed by atoms with van der Waals surface area (Å²) in [5.74, 6) is 0. The van der Waals surface area contributed by atoms with Gasteiger partial charge in [-0.3, -0.25) is 4.21 Å². The van der Waals surface area contributed by atoms with E-state index in [1.807, 2.05) is 6.92 Å². The highest BCUT2D eigenvalue weighted by molar-refractivity contribution is 7.79. The van der Waals surface area contributed by atoms with Crippen molar-refractivity contribution >= 4 is 11.1 Å². The lowest BCUT2D eigenvalue weighted by Gasteiger charge is -2.12. The minimum atomic E-state index is -2.09. The Balaban J connectivity index is 0.000000181. The smallest absolute Gasteiger partial charge is 0.0843 e. The zero-order valence-corrected chi connectivity index (χ0v) is 11.2. The van der Waals surface area contributed by atoms with E-state index in [0.717, 1.165) is 11.6 Å². The van der Waals surface area contributed by atoms with Crippen LogP contribution < -0.4 is 5.73 Å². The van der Waals surface area contributed by atoms with E-state index in [9.17, 15) is 8.76 Å². The predicted octanol–water partition coefficient (Wildman–Crippen LogP) is 1.79. The molecule has 1 aromatic rings. The summed E-state index contributed by atoms with van der Waals surface area (Å²) in [5, 5.41) is 0. The summed E-state index contributed by atoms with van der Waals surface area (Å²) >= 11 is -2.09. The van der Waals surface area contributed by atoms with E-state index >= 15 is 0 Å². The lowest BCUT2D eigenvalue weighted by atomic mass is 9.97. The van der Waals surface area contributed by atoms with Crippen LogP contribution in [0.5, 0.6) is 0 Å². The van der Waals surface area contributed by atoms with Gasteiger partial charge in [0.1, 0.15) is 0 Å². The third kappa shape index (κ3) is 5.96. The molecule has 0 amide bonds. The molecule has 96 valence electrons. The van der Waals surface area contributed by atoms with Crippen molar-refractivity contribution in [3.8, 4) is 0 Å². The molecule has 1 saturated carbocycles. The van der Waals surface area contributed by atoms with E-state index in [4.69, 9.17) is 0 Å². The van der Waals surface area contributed by atoms with E-state index in [0.29, 0.717) is 4.90 Å². The Bertz CT molecular complexity index is 345. The topological polar surface area (TPSA) is 67.8 Å². The Morgan fingerprint density at radius 3 is 2.06 bits per heavy atom. The van der Waals surface area contributed by atoms with Crippen LogP contribution in [0.3, 0.4) is 0 Å². The van der Waals surface area contributed by atoms with Crippen molar-refractivity contribution < 1.29 is 14.5 Å². The summed E-state index contributed by atoms with van der Waals surface area (Å²) in [5.41, 5.74) is 5.06. The fourth-order valence-electron chi connectivity index (χ4n) is 1.84. The van der Waals surface area contributed by atoms with E-state index < -0.39 is 11.1 Å². The second-order valence-corrected chi connectivity index (χ2v) is 5.49. The normalized spacial score (nSPS) is 18.1. The molecule has 0 aromatic heterocycles. The molecular formula is C13H21NO2S. The van der Waals surface area contributed by atoms with Gasteiger partial charge in [-0.05, 0) is 55.8 Å². The molecule has 1 unspecified atom stereocenters. The molecule has 1 aliphatic rings. The minimum absolute atomic E-state index is 0.339. The van der Waals surface area contributed by atoms with Crippen LogP contribution in [0.2, 0.25) is 0 Å². The SMILES string of the molecule is Cc1ccc(S(=O)[O-])cc1.[NH3+]C1CCCCC1. The van der Waals surface area contributed by atoms with E-state index in [-0.39, 0.29) is 0 Å². The van der Waals surface area contributed by atoms with Gasteiger partial charge >= 0.3 is 0 Å². The summed E-state index contributed by atoms with van der Waals surface area (Å²) in [4.78, 5) is 0.339. The number of quaternary nitrogens is 1. The largest absolute Gasteiger partial charge is 0.768 e. The number of benzene rings is 1. The van der Waals surface area contributed by atoms with Crippen molar-refractivity contribution in [3.63, 3.8) is 0 Å². The van der Waals surface area contributed by atoms with Gasteiger partial charge in [0, 0.05) is 4.90 Å². The molecule has 0 radical (unpaired) electrons. The molecule has 0 bridgehead atoms. The zero-order valence-electron chi connectivity index (χ0n) is 10.4. The quantitative estimate of drug-likeness (QED) is 0.777. The Kier molecular flexibility index (Phi) is 6.40. The van der Waals surface area contributed by atoms with Gasteiger partial charge < -0.3 is 10.3 Å². The van der Waals surface area contributed by atoms with Gasteiger partial charge in [-0.25, -0.2) is 0 Å². The maximum Gasteiger partial charge on any atom is 0.0843 e. The lowest BCUT2D eigenvalue weighted by Crippen LogP contribution is -2.61. The summed E-state index contributed by atoms with van der Waals surface area (Å²) in [6.45, 7) is 1.91. The van der Waals surface area contributed by atoms with Crippen LogP contribution in [0, 0.1) is 6.92 Å². The Morgan fingerprint density at radius 1 is 1.18 bits per heavy atom. The molecule has 1 aliphatic carbocycles. The van der Waals surface area contributed by atoms with E-state index in [1.54, 1.807) is 24.3 Å². The summed E-state index contributed by atoms with van der Waals surface area (Å²) in [6, 6.07) is 7.49. The number of hydrogen-bond donors (Lipinski definition) is 1. The van der Waals surface area contributed by atoms with Gasteiger partial charge in [0.25, 0.3) is 0 Å². The van der Waals surface area contributed by atoms with Crippen molar-refractivity contribution in [2.75, 3.05) is 0 Å². The summed E-state index contributed by atoms with van der Waals surface area (Å²) < 4.78 is 20.6. The predicted molar refractivity (Wildman–Crippen MR) is 68.1 cm³/mol. The van der Waals surface area contributed by atoms with Crippen molar-refractivity contribution in [2.45, 2.75) is 50.0 Å². The molecular weight excluding hydrogens is 234 g/mol. The van der Waals surface area contributed by atoms with Gasteiger partial charge in [0.05, 0.1) is 6.04 Å². The van der Waals surface area contributed by atoms with Gasteiger partial charge in [-0.1, -0.05) is 24.1 Å². The fraction of sp³-hybridized carbons (Fsp3) is 0.538. The first-order valence-electron chi connectivity index (χ1n) is 6.08. The number of hydrogen-bond acceptors (Lipinski definition) is 2. The third-order valence-corrected chi connectivity index (χ3v) is 3.60. The molecule has 4 heteroatoms. The van der Waals surface area contributed by atoms with Gasteiger partial charge in [-0.15, -0.1) is 0 Å². The first kappa shape index (κ1) is 14.4. The number of rotatable bonds is 1. The molecule has 3 nitrogen and oxygen atoms in total. The Labute approximate surface area is 106 Å². The Hall–Kier alpha value is -0.710. The van der Waals surface area contributed by atoms with Crippen molar-refractivity contribution in [1.82, 2.24) is 0 Å². The summed E-state index contributed by atoms with van der Waals surface area (Å²) in [7, 11) is 0.